The molecular formula is C15H16ClFN2O2S. The zero-order valence-corrected chi connectivity index (χ0v) is 13.6. The summed E-state index contributed by atoms with van der Waals surface area (Å²) < 4.78 is 39.6. The molecule has 7 heteroatoms. The van der Waals surface area contributed by atoms with Gasteiger partial charge in [0.25, 0.3) is 0 Å². The van der Waals surface area contributed by atoms with Crippen molar-refractivity contribution >= 4 is 21.6 Å². The van der Waals surface area contributed by atoms with E-state index < -0.39 is 15.8 Å². The second kappa shape index (κ2) is 7.17. The Kier molecular flexibility index (Phi) is 5.50. The number of benzene rings is 1. The minimum atomic E-state index is -3.76. The molecule has 0 unspecified atom stereocenters. The third-order valence-electron chi connectivity index (χ3n) is 3.21. The Bertz CT molecular complexity index is 738. The van der Waals surface area contributed by atoms with Crippen LogP contribution in [0.2, 0.25) is 5.02 Å². The van der Waals surface area contributed by atoms with Crippen LogP contribution in [0.4, 0.5) is 4.39 Å². The van der Waals surface area contributed by atoms with E-state index in [1.54, 1.807) is 19.2 Å². The summed E-state index contributed by atoms with van der Waals surface area (Å²) >= 11 is 5.87. The normalized spacial score (nSPS) is 11.8. The highest BCUT2D eigenvalue weighted by Gasteiger charge is 2.25. The minimum absolute atomic E-state index is 0.0848. The lowest BCUT2D eigenvalue weighted by Crippen LogP contribution is -2.33. The van der Waals surface area contributed by atoms with Gasteiger partial charge >= 0.3 is 0 Å². The van der Waals surface area contributed by atoms with E-state index in [9.17, 15) is 12.8 Å². The summed E-state index contributed by atoms with van der Waals surface area (Å²) in [7, 11) is -3.76. The standard InChI is InChI=1S/C15H16ClFN2O2S/c1-2-19(10-8-13-5-3-4-9-18-13)22(20,21)15-7-6-12(17)11-14(15)16/h3-7,9,11H,2,8,10H2,1H3. The molecule has 1 aromatic heterocycles. The summed E-state index contributed by atoms with van der Waals surface area (Å²) in [5, 5.41) is -0.115. The van der Waals surface area contributed by atoms with Crippen LogP contribution in [0.25, 0.3) is 0 Å². The number of hydrogen-bond acceptors (Lipinski definition) is 3. The Morgan fingerprint density at radius 3 is 2.64 bits per heavy atom. The van der Waals surface area contributed by atoms with Gasteiger partial charge in [-0.05, 0) is 30.3 Å². The first-order chi connectivity index (χ1) is 10.4. The Morgan fingerprint density at radius 1 is 1.27 bits per heavy atom. The van der Waals surface area contributed by atoms with Gasteiger partial charge in [0.2, 0.25) is 10.0 Å². The molecule has 1 aromatic carbocycles. The first-order valence-electron chi connectivity index (χ1n) is 6.80. The first-order valence-corrected chi connectivity index (χ1v) is 8.62. The average molecular weight is 343 g/mol. The van der Waals surface area contributed by atoms with Crippen LogP contribution >= 0.6 is 11.6 Å². The van der Waals surface area contributed by atoms with Crippen LogP contribution in [0.1, 0.15) is 12.6 Å². The van der Waals surface area contributed by atoms with Crippen molar-refractivity contribution in [1.82, 2.24) is 9.29 Å². The number of likely N-dealkylation sites (N-methyl/N-ethyl adjacent to an activating group) is 1. The molecule has 2 rings (SSSR count). The van der Waals surface area contributed by atoms with E-state index in [0.717, 1.165) is 17.8 Å². The van der Waals surface area contributed by atoms with Gasteiger partial charge in [0.1, 0.15) is 10.7 Å². The minimum Gasteiger partial charge on any atom is -0.261 e. The number of nitrogens with zero attached hydrogens (tertiary/aromatic N) is 2. The molecule has 0 atom stereocenters. The van der Waals surface area contributed by atoms with Crippen molar-refractivity contribution in [3.05, 3.63) is 59.1 Å². The zero-order chi connectivity index (χ0) is 16.2. The van der Waals surface area contributed by atoms with Gasteiger partial charge < -0.3 is 0 Å². The highest BCUT2D eigenvalue weighted by atomic mass is 35.5. The van der Waals surface area contributed by atoms with Crippen LogP contribution in [-0.4, -0.2) is 30.8 Å². The SMILES string of the molecule is CCN(CCc1ccccn1)S(=O)(=O)c1ccc(F)cc1Cl. The molecule has 0 saturated carbocycles. The first kappa shape index (κ1) is 16.9. The van der Waals surface area contributed by atoms with Crippen molar-refractivity contribution in [3.63, 3.8) is 0 Å². The zero-order valence-electron chi connectivity index (χ0n) is 12.0. The fraction of sp³-hybridized carbons (Fsp3) is 0.267. The summed E-state index contributed by atoms with van der Waals surface area (Å²) in [6.07, 6.45) is 2.16. The second-order valence-corrected chi connectivity index (χ2v) is 6.96. The number of rotatable bonds is 6. The maximum Gasteiger partial charge on any atom is 0.244 e. The van der Waals surface area contributed by atoms with E-state index in [4.69, 9.17) is 11.6 Å². The van der Waals surface area contributed by atoms with E-state index in [1.807, 2.05) is 12.1 Å². The molecule has 2 aromatic rings. The second-order valence-electron chi connectivity index (χ2n) is 4.64. The molecule has 0 bridgehead atoms. The van der Waals surface area contributed by atoms with Crippen LogP contribution in [0.15, 0.2) is 47.5 Å². The maximum absolute atomic E-state index is 13.1. The summed E-state index contributed by atoms with van der Waals surface area (Å²) in [5.41, 5.74) is 0.807. The van der Waals surface area contributed by atoms with Crippen molar-refractivity contribution in [2.24, 2.45) is 0 Å². The molecule has 22 heavy (non-hydrogen) atoms. The van der Waals surface area contributed by atoms with Gasteiger partial charge in [0, 0.05) is 31.4 Å². The Balaban J connectivity index is 2.21. The van der Waals surface area contributed by atoms with Gasteiger partial charge in [-0.25, -0.2) is 12.8 Å². The van der Waals surface area contributed by atoms with Gasteiger partial charge in [-0.2, -0.15) is 4.31 Å². The van der Waals surface area contributed by atoms with Crippen molar-refractivity contribution < 1.29 is 12.8 Å². The van der Waals surface area contributed by atoms with E-state index in [-0.39, 0.29) is 16.5 Å². The van der Waals surface area contributed by atoms with E-state index in [2.05, 4.69) is 4.98 Å². The Morgan fingerprint density at radius 2 is 2.05 bits per heavy atom. The molecule has 0 aliphatic heterocycles. The lowest BCUT2D eigenvalue weighted by atomic mass is 10.3. The highest BCUT2D eigenvalue weighted by molar-refractivity contribution is 7.89. The van der Waals surface area contributed by atoms with Gasteiger partial charge in [0.15, 0.2) is 0 Å². The molecule has 0 aliphatic rings. The van der Waals surface area contributed by atoms with E-state index in [1.165, 1.54) is 10.4 Å². The van der Waals surface area contributed by atoms with Gasteiger partial charge in [-0.15, -0.1) is 0 Å². The smallest absolute Gasteiger partial charge is 0.244 e. The van der Waals surface area contributed by atoms with Crippen molar-refractivity contribution in [2.45, 2.75) is 18.2 Å². The fourth-order valence-corrected chi connectivity index (χ4v) is 4.01. The molecular weight excluding hydrogens is 327 g/mol. The number of halogens is 2. The van der Waals surface area contributed by atoms with Crippen LogP contribution in [0.3, 0.4) is 0 Å². The molecule has 0 amide bonds. The molecule has 0 aliphatic carbocycles. The van der Waals surface area contributed by atoms with Crippen molar-refractivity contribution in [3.8, 4) is 0 Å². The lowest BCUT2D eigenvalue weighted by Gasteiger charge is -2.21. The van der Waals surface area contributed by atoms with E-state index >= 15 is 0 Å². The monoisotopic (exact) mass is 342 g/mol. The van der Waals surface area contributed by atoms with Crippen LogP contribution in [0, 0.1) is 5.82 Å². The third kappa shape index (κ3) is 3.82. The molecule has 1 heterocycles. The summed E-state index contributed by atoms with van der Waals surface area (Å²) in [6.45, 7) is 2.32. The highest BCUT2D eigenvalue weighted by Crippen LogP contribution is 2.25. The topological polar surface area (TPSA) is 50.3 Å². The average Bonchev–Trinajstić information content (AvgIpc) is 2.48. The number of sulfonamides is 1. The summed E-state index contributed by atoms with van der Waals surface area (Å²) in [6, 6.07) is 8.77. The van der Waals surface area contributed by atoms with Crippen molar-refractivity contribution in [2.75, 3.05) is 13.1 Å². The van der Waals surface area contributed by atoms with E-state index in [0.29, 0.717) is 13.0 Å². The number of aromatic nitrogens is 1. The maximum atomic E-state index is 13.1. The van der Waals surface area contributed by atoms with Gasteiger partial charge in [-0.1, -0.05) is 24.6 Å². The fourth-order valence-electron chi connectivity index (χ4n) is 2.06. The summed E-state index contributed by atoms with van der Waals surface area (Å²) in [5.74, 6) is -0.569. The Labute approximate surface area is 134 Å². The van der Waals surface area contributed by atoms with Gasteiger partial charge in [0.05, 0.1) is 5.02 Å². The predicted molar refractivity (Wildman–Crippen MR) is 83.8 cm³/mol. The summed E-state index contributed by atoms with van der Waals surface area (Å²) in [4.78, 5) is 4.09. The molecule has 0 saturated heterocycles. The third-order valence-corrected chi connectivity index (χ3v) is 5.67. The quantitative estimate of drug-likeness (QED) is 0.810. The largest absolute Gasteiger partial charge is 0.261 e. The molecule has 0 radical (unpaired) electrons. The molecule has 118 valence electrons. The van der Waals surface area contributed by atoms with Crippen molar-refractivity contribution in [1.29, 1.82) is 0 Å². The van der Waals surface area contributed by atoms with Crippen LogP contribution in [0.5, 0.6) is 0 Å². The molecule has 4 nitrogen and oxygen atoms in total. The molecule has 0 N–H and O–H groups in total. The number of pyridine rings is 1. The number of hydrogen-bond donors (Lipinski definition) is 0. The van der Waals surface area contributed by atoms with Gasteiger partial charge in [-0.3, -0.25) is 4.98 Å². The molecule has 0 fully saturated rings. The Hall–Kier alpha value is -1.50. The lowest BCUT2D eigenvalue weighted by molar-refractivity contribution is 0.429. The predicted octanol–water partition coefficient (Wildman–Crippen LogP) is 3.13. The van der Waals surface area contributed by atoms with Crippen LogP contribution in [-0.2, 0) is 16.4 Å². The van der Waals surface area contributed by atoms with Crippen LogP contribution < -0.4 is 0 Å². The molecule has 0 spiro atoms.